The van der Waals surface area contributed by atoms with E-state index in [-0.39, 0.29) is 10.7 Å². The smallest absolute Gasteiger partial charge is 0.258 e. The predicted molar refractivity (Wildman–Crippen MR) is 70.2 cm³/mol. The van der Waals surface area contributed by atoms with E-state index in [0.29, 0.717) is 5.69 Å². The van der Waals surface area contributed by atoms with Crippen LogP contribution in [0.1, 0.15) is 10.4 Å². The van der Waals surface area contributed by atoms with E-state index in [2.05, 4.69) is 5.32 Å². The minimum absolute atomic E-state index is 0.232. The van der Waals surface area contributed by atoms with E-state index < -0.39 is 23.1 Å². The number of carbonyl (C=O) groups is 1. The molecule has 1 amide bonds. The Kier molecular flexibility index (Phi) is 3.66. The van der Waals surface area contributed by atoms with Gasteiger partial charge in [-0.05, 0) is 36.4 Å². The molecule has 0 radical (unpaired) electrons. The molecule has 0 bridgehead atoms. The topological polar surface area (TPSA) is 55.1 Å². The van der Waals surface area contributed by atoms with Crippen molar-refractivity contribution in [3.63, 3.8) is 0 Å². The van der Waals surface area contributed by atoms with Crippen molar-refractivity contribution >= 4 is 28.9 Å². The fourth-order valence-electron chi connectivity index (χ4n) is 1.50. The molecule has 3 nitrogen and oxygen atoms in total. The van der Waals surface area contributed by atoms with Crippen molar-refractivity contribution in [1.29, 1.82) is 0 Å². The molecule has 3 N–H and O–H groups in total. The molecule has 0 unspecified atom stereocenters. The number of hydrogen-bond donors (Lipinski definition) is 2. The third-order valence-corrected chi connectivity index (χ3v) is 2.74. The highest BCUT2D eigenvalue weighted by Crippen LogP contribution is 2.25. The van der Waals surface area contributed by atoms with Gasteiger partial charge in [0.1, 0.15) is 11.6 Å². The van der Waals surface area contributed by atoms with Crippen molar-refractivity contribution < 1.29 is 13.6 Å². The van der Waals surface area contributed by atoms with Gasteiger partial charge in [-0.2, -0.15) is 0 Å². The molecule has 2 aromatic rings. The fraction of sp³-hybridized carbons (Fsp3) is 0. The molecule has 0 saturated heterocycles. The SMILES string of the molecule is Nc1ccc(Cl)c(NC(=O)c2cc(F)ccc2F)c1. The molecule has 0 spiro atoms. The number of amides is 1. The number of carbonyl (C=O) groups excluding carboxylic acids is 1. The highest BCUT2D eigenvalue weighted by molar-refractivity contribution is 6.34. The maximum atomic E-state index is 13.4. The predicted octanol–water partition coefficient (Wildman–Crippen LogP) is 3.45. The van der Waals surface area contributed by atoms with Gasteiger partial charge in [0.05, 0.1) is 16.3 Å². The maximum absolute atomic E-state index is 13.4. The Morgan fingerprint density at radius 3 is 2.63 bits per heavy atom. The monoisotopic (exact) mass is 282 g/mol. The molecule has 0 aliphatic heterocycles. The van der Waals surface area contributed by atoms with Gasteiger partial charge >= 0.3 is 0 Å². The van der Waals surface area contributed by atoms with Crippen LogP contribution in [0.2, 0.25) is 5.02 Å². The van der Waals surface area contributed by atoms with Gasteiger partial charge in [-0.3, -0.25) is 4.79 Å². The molecule has 0 aliphatic rings. The van der Waals surface area contributed by atoms with E-state index >= 15 is 0 Å². The summed E-state index contributed by atoms with van der Waals surface area (Å²) in [7, 11) is 0. The van der Waals surface area contributed by atoms with Gasteiger partial charge in [-0.1, -0.05) is 11.6 Å². The summed E-state index contributed by atoms with van der Waals surface area (Å²) in [5.41, 5.74) is 5.77. The molecule has 2 aromatic carbocycles. The zero-order valence-corrected chi connectivity index (χ0v) is 10.3. The van der Waals surface area contributed by atoms with E-state index in [1.165, 1.54) is 12.1 Å². The number of benzene rings is 2. The minimum atomic E-state index is -0.820. The van der Waals surface area contributed by atoms with Gasteiger partial charge < -0.3 is 11.1 Å². The molecule has 0 heterocycles. The summed E-state index contributed by atoms with van der Waals surface area (Å²) in [5.74, 6) is -2.33. The summed E-state index contributed by atoms with van der Waals surface area (Å²) in [6.07, 6.45) is 0. The first-order valence-corrected chi connectivity index (χ1v) is 5.66. The highest BCUT2D eigenvalue weighted by atomic mass is 35.5. The van der Waals surface area contributed by atoms with Crippen molar-refractivity contribution in [2.45, 2.75) is 0 Å². The molecule has 0 fully saturated rings. The first-order valence-electron chi connectivity index (χ1n) is 5.29. The van der Waals surface area contributed by atoms with Crippen molar-refractivity contribution in [2.24, 2.45) is 0 Å². The molecular formula is C13H9ClF2N2O. The lowest BCUT2D eigenvalue weighted by Gasteiger charge is -2.08. The summed E-state index contributed by atoms with van der Waals surface area (Å²) in [6, 6.07) is 7.10. The van der Waals surface area contributed by atoms with Crippen LogP contribution in [0.5, 0.6) is 0 Å². The second-order valence-corrected chi connectivity index (χ2v) is 4.22. The van der Waals surface area contributed by atoms with E-state index in [1.807, 2.05) is 0 Å². The van der Waals surface area contributed by atoms with Gasteiger partial charge in [0.25, 0.3) is 5.91 Å². The molecule has 2 rings (SSSR count). The number of hydrogen-bond acceptors (Lipinski definition) is 2. The van der Waals surface area contributed by atoms with Gasteiger partial charge in [-0.25, -0.2) is 8.78 Å². The summed E-state index contributed by atoms with van der Waals surface area (Å²) in [4.78, 5) is 11.8. The number of nitrogens with one attached hydrogen (secondary N) is 1. The van der Waals surface area contributed by atoms with Crippen LogP contribution in [-0.4, -0.2) is 5.91 Å². The average Bonchev–Trinajstić information content (AvgIpc) is 2.36. The van der Waals surface area contributed by atoms with Crippen molar-refractivity contribution in [2.75, 3.05) is 11.1 Å². The van der Waals surface area contributed by atoms with Gasteiger partial charge in [-0.15, -0.1) is 0 Å². The van der Waals surface area contributed by atoms with E-state index in [0.717, 1.165) is 18.2 Å². The van der Waals surface area contributed by atoms with Crippen LogP contribution >= 0.6 is 11.6 Å². The van der Waals surface area contributed by atoms with Gasteiger partial charge in [0, 0.05) is 5.69 Å². The lowest BCUT2D eigenvalue weighted by Crippen LogP contribution is -2.14. The Morgan fingerprint density at radius 2 is 1.89 bits per heavy atom. The summed E-state index contributed by atoms with van der Waals surface area (Å²) in [5, 5.41) is 2.63. The number of nitrogen functional groups attached to an aromatic ring is 1. The molecule has 0 aromatic heterocycles. The highest BCUT2D eigenvalue weighted by Gasteiger charge is 2.14. The van der Waals surface area contributed by atoms with E-state index in [4.69, 9.17) is 17.3 Å². The second-order valence-electron chi connectivity index (χ2n) is 3.82. The van der Waals surface area contributed by atoms with Crippen LogP contribution < -0.4 is 11.1 Å². The van der Waals surface area contributed by atoms with Crippen LogP contribution in [0.3, 0.4) is 0 Å². The zero-order chi connectivity index (χ0) is 14.0. The quantitative estimate of drug-likeness (QED) is 0.829. The lowest BCUT2D eigenvalue weighted by molar-refractivity contribution is 0.102. The van der Waals surface area contributed by atoms with Crippen LogP contribution in [0, 0.1) is 11.6 Å². The maximum Gasteiger partial charge on any atom is 0.258 e. The first kappa shape index (κ1) is 13.3. The van der Waals surface area contributed by atoms with Crippen molar-refractivity contribution in [1.82, 2.24) is 0 Å². The third kappa shape index (κ3) is 3.00. The molecule has 98 valence electrons. The van der Waals surface area contributed by atoms with Crippen molar-refractivity contribution in [3.05, 3.63) is 58.6 Å². The largest absolute Gasteiger partial charge is 0.399 e. The van der Waals surface area contributed by atoms with Gasteiger partial charge in [0.2, 0.25) is 0 Å². The number of rotatable bonds is 2. The fourth-order valence-corrected chi connectivity index (χ4v) is 1.66. The Balaban J connectivity index is 2.30. The van der Waals surface area contributed by atoms with Gasteiger partial charge in [0.15, 0.2) is 0 Å². The normalized spacial score (nSPS) is 10.3. The molecule has 19 heavy (non-hydrogen) atoms. The Hall–Kier alpha value is -2.14. The molecule has 0 aliphatic carbocycles. The van der Waals surface area contributed by atoms with E-state index in [9.17, 15) is 13.6 Å². The molecule has 0 saturated carbocycles. The number of halogens is 3. The summed E-state index contributed by atoms with van der Waals surface area (Å²) < 4.78 is 26.4. The summed E-state index contributed by atoms with van der Waals surface area (Å²) >= 11 is 5.86. The van der Waals surface area contributed by atoms with Crippen LogP contribution in [0.25, 0.3) is 0 Å². The molecule has 6 heteroatoms. The standard InChI is InChI=1S/C13H9ClF2N2O/c14-10-3-2-8(17)6-12(10)18-13(19)9-5-7(15)1-4-11(9)16/h1-6H,17H2,(H,18,19). The average molecular weight is 283 g/mol. The van der Waals surface area contributed by atoms with Crippen molar-refractivity contribution in [3.8, 4) is 0 Å². The van der Waals surface area contributed by atoms with E-state index in [1.54, 1.807) is 6.07 Å². The zero-order valence-electron chi connectivity index (χ0n) is 9.58. The first-order chi connectivity index (χ1) is 8.97. The molecule has 0 atom stereocenters. The van der Waals surface area contributed by atoms with Crippen LogP contribution in [0.4, 0.5) is 20.2 Å². The number of anilines is 2. The minimum Gasteiger partial charge on any atom is -0.399 e. The Morgan fingerprint density at radius 1 is 1.16 bits per heavy atom. The Bertz CT molecular complexity index is 647. The second kappa shape index (κ2) is 5.24. The molecular weight excluding hydrogens is 274 g/mol. The lowest BCUT2D eigenvalue weighted by atomic mass is 10.2. The number of nitrogens with two attached hydrogens (primary N) is 1. The summed E-state index contributed by atoms with van der Waals surface area (Å²) in [6.45, 7) is 0. The van der Waals surface area contributed by atoms with Crippen LogP contribution in [-0.2, 0) is 0 Å². The third-order valence-electron chi connectivity index (χ3n) is 2.41. The van der Waals surface area contributed by atoms with Crippen LogP contribution in [0.15, 0.2) is 36.4 Å². The Labute approximate surface area is 113 Å².